The molecule has 1 aromatic rings. The van der Waals surface area contributed by atoms with Gasteiger partial charge in [0.15, 0.2) is 11.6 Å². The van der Waals surface area contributed by atoms with E-state index in [0.717, 1.165) is 0 Å². The van der Waals surface area contributed by atoms with Gasteiger partial charge < -0.3 is 15.2 Å². The van der Waals surface area contributed by atoms with Gasteiger partial charge in [-0.05, 0) is 6.07 Å². The van der Waals surface area contributed by atoms with Crippen molar-refractivity contribution in [2.24, 2.45) is 0 Å². The van der Waals surface area contributed by atoms with Gasteiger partial charge in [0.1, 0.15) is 5.82 Å². The predicted octanol–water partition coefficient (Wildman–Crippen LogP) is 0.770. The Morgan fingerprint density at radius 1 is 1.32 bits per heavy atom. The van der Waals surface area contributed by atoms with Crippen LogP contribution in [0.5, 0.6) is 0 Å². The number of methoxy groups -OCH3 is 1. The molecular weight excluding hydrogens is 263 g/mol. The van der Waals surface area contributed by atoms with E-state index in [2.05, 4.69) is 10.1 Å². The van der Waals surface area contributed by atoms with Crippen molar-refractivity contribution < 1.29 is 27.8 Å². The lowest BCUT2D eigenvalue weighted by molar-refractivity contribution is -0.121. The van der Waals surface area contributed by atoms with Gasteiger partial charge in [-0.2, -0.15) is 0 Å². The summed E-state index contributed by atoms with van der Waals surface area (Å²) in [5.74, 6) is -4.13. The monoisotopic (exact) mass is 277 g/mol. The van der Waals surface area contributed by atoms with E-state index in [-0.39, 0.29) is 18.7 Å². The Balaban J connectivity index is 2.55. The van der Waals surface area contributed by atoms with Crippen LogP contribution in [0, 0.1) is 17.5 Å². The van der Waals surface area contributed by atoms with Crippen LogP contribution >= 0.6 is 0 Å². The van der Waals surface area contributed by atoms with Crippen LogP contribution in [0.4, 0.5) is 13.2 Å². The third kappa shape index (κ3) is 4.88. The number of carbonyl (C=O) groups is 1. The Bertz CT molecular complexity index is 454. The van der Waals surface area contributed by atoms with E-state index in [1.807, 2.05) is 0 Å². The van der Waals surface area contributed by atoms with E-state index in [4.69, 9.17) is 0 Å². The highest BCUT2D eigenvalue weighted by Crippen LogP contribution is 2.14. The van der Waals surface area contributed by atoms with Gasteiger partial charge in [-0.25, -0.2) is 13.2 Å². The van der Waals surface area contributed by atoms with Gasteiger partial charge in [-0.3, -0.25) is 4.79 Å². The molecule has 7 heteroatoms. The first-order valence-corrected chi connectivity index (χ1v) is 5.51. The molecule has 0 spiro atoms. The fraction of sp³-hybridized carbons (Fsp3) is 0.417. The molecule has 0 aliphatic rings. The Morgan fingerprint density at radius 2 is 1.95 bits per heavy atom. The summed E-state index contributed by atoms with van der Waals surface area (Å²) in [6, 6.07) is 1.02. The minimum atomic E-state index is -1.31. The molecule has 1 atom stereocenters. The van der Waals surface area contributed by atoms with E-state index in [9.17, 15) is 23.1 Å². The SMILES string of the molecule is COCC(O)CNC(=O)Cc1cc(F)c(F)cc1F. The summed E-state index contributed by atoms with van der Waals surface area (Å²) in [5, 5.41) is 11.6. The summed E-state index contributed by atoms with van der Waals surface area (Å²) >= 11 is 0. The second-order valence-electron chi connectivity index (χ2n) is 3.95. The van der Waals surface area contributed by atoms with Gasteiger partial charge in [0.25, 0.3) is 0 Å². The molecule has 1 rings (SSSR count). The Morgan fingerprint density at radius 3 is 2.58 bits per heavy atom. The maximum absolute atomic E-state index is 13.3. The van der Waals surface area contributed by atoms with Crippen molar-refractivity contribution in [3.8, 4) is 0 Å². The van der Waals surface area contributed by atoms with Crippen molar-refractivity contribution >= 4 is 5.91 Å². The topological polar surface area (TPSA) is 58.6 Å². The van der Waals surface area contributed by atoms with Crippen LogP contribution in [0.2, 0.25) is 0 Å². The average molecular weight is 277 g/mol. The standard InChI is InChI=1S/C12H14F3NO3/c1-19-6-8(17)5-16-12(18)3-7-2-10(14)11(15)4-9(7)13/h2,4,8,17H,3,5-6H2,1H3,(H,16,18). The lowest BCUT2D eigenvalue weighted by atomic mass is 10.1. The first-order valence-electron chi connectivity index (χ1n) is 5.51. The fourth-order valence-electron chi connectivity index (χ4n) is 1.42. The molecule has 106 valence electrons. The Labute approximate surface area is 108 Å². The van der Waals surface area contributed by atoms with Crippen molar-refractivity contribution in [3.63, 3.8) is 0 Å². The van der Waals surface area contributed by atoms with Gasteiger partial charge in [0.2, 0.25) is 5.91 Å². The molecule has 0 bridgehead atoms. The van der Waals surface area contributed by atoms with Crippen molar-refractivity contribution in [1.29, 1.82) is 0 Å². The second kappa shape index (κ2) is 7.10. The van der Waals surface area contributed by atoms with E-state index in [1.165, 1.54) is 7.11 Å². The molecule has 0 saturated heterocycles. The molecule has 0 radical (unpaired) electrons. The Kier molecular flexibility index (Phi) is 5.78. The number of hydrogen-bond donors (Lipinski definition) is 2. The van der Waals surface area contributed by atoms with E-state index in [0.29, 0.717) is 12.1 Å². The van der Waals surface area contributed by atoms with Crippen LogP contribution in [-0.2, 0) is 16.0 Å². The minimum Gasteiger partial charge on any atom is -0.389 e. The van der Waals surface area contributed by atoms with E-state index in [1.54, 1.807) is 0 Å². The molecule has 1 aromatic carbocycles. The molecule has 0 aliphatic heterocycles. The fourth-order valence-corrected chi connectivity index (χ4v) is 1.42. The number of ether oxygens (including phenoxy) is 1. The molecule has 4 nitrogen and oxygen atoms in total. The molecule has 0 heterocycles. The van der Waals surface area contributed by atoms with Gasteiger partial charge >= 0.3 is 0 Å². The van der Waals surface area contributed by atoms with Crippen LogP contribution in [0.1, 0.15) is 5.56 Å². The quantitative estimate of drug-likeness (QED) is 0.755. The van der Waals surface area contributed by atoms with Crippen LogP contribution in [0.15, 0.2) is 12.1 Å². The molecule has 1 unspecified atom stereocenters. The summed E-state index contributed by atoms with van der Waals surface area (Å²) in [6.07, 6.45) is -1.33. The molecule has 0 fully saturated rings. The number of aliphatic hydroxyl groups excluding tert-OH is 1. The number of carbonyl (C=O) groups excluding carboxylic acids is 1. The third-order valence-electron chi connectivity index (χ3n) is 2.33. The second-order valence-corrected chi connectivity index (χ2v) is 3.95. The zero-order valence-electron chi connectivity index (χ0n) is 10.3. The highest BCUT2D eigenvalue weighted by atomic mass is 19.2. The predicted molar refractivity (Wildman–Crippen MR) is 60.9 cm³/mol. The van der Waals surface area contributed by atoms with Gasteiger partial charge in [-0.1, -0.05) is 0 Å². The normalized spacial score (nSPS) is 12.3. The number of amides is 1. The lowest BCUT2D eigenvalue weighted by Crippen LogP contribution is -2.35. The van der Waals surface area contributed by atoms with Crippen LogP contribution < -0.4 is 5.32 Å². The zero-order chi connectivity index (χ0) is 14.4. The molecule has 0 saturated carbocycles. The minimum absolute atomic E-state index is 0.0415. The van der Waals surface area contributed by atoms with Crippen LogP contribution in [-0.4, -0.2) is 37.4 Å². The first-order chi connectivity index (χ1) is 8.93. The summed E-state index contributed by atoms with van der Waals surface area (Å²) in [4.78, 5) is 11.4. The van der Waals surface area contributed by atoms with Crippen LogP contribution in [0.25, 0.3) is 0 Å². The number of benzene rings is 1. The smallest absolute Gasteiger partial charge is 0.224 e. The highest BCUT2D eigenvalue weighted by molar-refractivity contribution is 5.78. The van der Waals surface area contributed by atoms with Crippen molar-refractivity contribution in [2.75, 3.05) is 20.3 Å². The van der Waals surface area contributed by atoms with Crippen molar-refractivity contribution in [3.05, 3.63) is 35.1 Å². The molecule has 19 heavy (non-hydrogen) atoms. The zero-order valence-corrected chi connectivity index (χ0v) is 10.3. The number of aliphatic hydroxyl groups is 1. The van der Waals surface area contributed by atoms with E-state index >= 15 is 0 Å². The van der Waals surface area contributed by atoms with Crippen molar-refractivity contribution in [2.45, 2.75) is 12.5 Å². The summed E-state index contributed by atoms with van der Waals surface area (Å²) < 4.78 is 43.5. The average Bonchev–Trinajstić information content (AvgIpc) is 2.34. The summed E-state index contributed by atoms with van der Waals surface area (Å²) in [7, 11) is 1.39. The number of halogens is 3. The van der Waals surface area contributed by atoms with Gasteiger partial charge in [0, 0.05) is 25.3 Å². The lowest BCUT2D eigenvalue weighted by Gasteiger charge is -2.11. The molecule has 0 aromatic heterocycles. The number of hydrogen-bond acceptors (Lipinski definition) is 3. The van der Waals surface area contributed by atoms with Gasteiger partial charge in [0.05, 0.1) is 19.1 Å². The maximum atomic E-state index is 13.3. The summed E-state index contributed by atoms with van der Waals surface area (Å²) in [6.45, 7) is -0.0300. The number of nitrogens with one attached hydrogen (secondary N) is 1. The largest absolute Gasteiger partial charge is 0.389 e. The van der Waals surface area contributed by atoms with Crippen molar-refractivity contribution in [1.82, 2.24) is 5.32 Å². The summed E-state index contributed by atoms with van der Waals surface area (Å²) in [5.41, 5.74) is -0.252. The van der Waals surface area contributed by atoms with Crippen LogP contribution in [0.3, 0.4) is 0 Å². The molecule has 1 amide bonds. The highest BCUT2D eigenvalue weighted by Gasteiger charge is 2.13. The number of rotatable bonds is 6. The molecule has 2 N–H and O–H groups in total. The molecule has 0 aliphatic carbocycles. The molecular formula is C12H14F3NO3. The third-order valence-corrected chi connectivity index (χ3v) is 2.33. The maximum Gasteiger partial charge on any atom is 0.224 e. The Hall–Kier alpha value is -1.60. The first kappa shape index (κ1) is 15.5. The van der Waals surface area contributed by atoms with E-state index < -0.39 is 35.9 Å². The van der Waals surface area contributed by atoms with Gasteiger partial charge in [-0.15, -0.1) is 0 Å².